The highest BCUT2D eigenvalue weighted by Crippen LogP contribution is 2.45. The second-order valence-corrected chi connectivity index (χ2v) is 14.4. The number of methoxy groups -OCH3 is 1. The maximum absolute atomic E-state index is 16.2. The molecule has 6 atom stereocenters. The number of hydrogen-bond acceptors (Lipinski definition) is 7. The van der Waals surface area contributed by atoms with Crippen molar-refractivity contribution in [3.05, 3.63) is 29.8 Å². The maximum atomic E-state index is 16.2. The van der Waals surface area contributed by atoms with Gasteiger partial charge in [0.15, 0.2) is 0 Å². The molecular weight excluding hydrogens is 596 g/mol. The van der Waals surface area contributed by atoms with E-state index in [1.54, 1.807) is 18.2 Å². The summed E-state index contributed by atoms with van der Waals surface area (Å²) in [5.74, 6) is -3.88. The fourth-order valence-electron chi connectivity index (χ4n) is 7.53. The Hall–Kier alpha value is -3.50. The number of alkyl carbamates (subject to hydrolysis) is 1. The van der Waals surface area contributed by atoms with Crippen molar-refractivity contribution in [2.45, 2.75) is 116 Å². The lowest BCUT2D eigenvalue weighted by atomic mass is 9.85. The minimum atomic E-state index is -3.26. The Morgan fingerprint density at radius 3 is 2.54 bits per heavy atom. The molecule has 0 unspecified atom stereocenters. The molecule has 9 nitrogen and oxygen atoms in total. The number of fused-ring (bicyclic) bond motifs is 5. The average Bonchev–Trinajstić information content (AvgIpc) is 3.54. The number of carbonyl (C=O) groups excluding carboxylic acids is 3. The normalized spacial score (nSPS) is 30.7. The van der Waals surface area contributed by atoms with E-state index in [2.05, 4.69) is 10.3 Å². The van der Waals surface area contributed by atoms with E-state index in [9.17, 15) is 14.4 Å². The van der Waals surface area contributed by atoms with E-state index in [1.165, 1.54) is 18.1 Å². The molecule has 1 saturated heterocycles. The Morgan fingerprint density at radius 2 is 1.87 bits per heavy atom. The van der Waals surface area contributed by atoms with Gasteiger partial charge < -0.3 is 29.2 Å². The third-order valence-electron chi connectivity index (χ3n) is 10.3. The first-order chi connectivity index (χ1) is 21.7. The van der Waals surface area contributed by atoms with Crippen LogP contribution in [0.3, 0.4) is 0 Å². The number of benzene rings is 1. The van der Waals surface area contributed by atoms with Crippen molar-refractivity contribution in [1.29, 1.82) is 0 Å². The Labute approximate surface area is 269 Å². The number of nitrogens with zero attached hydrogens (tertiary/aromatic N) is 2. The van der Waals surface area contributed by atoms with Gasteiger partial charge in [-0.15, -0.1) is 0 Å². The molecule has 252 valence electrons. The van der Waals surface area contributed by atoms with Gasteiger partial charge in [-0.3, -0.25) is 4.79 Å². The quantitative estimate of drug-likeness (QED) is 0.367. The summed E-state index contributed by atoms with van der Waals surface area (Å²) >= 11 is 0. The number of alkyl halides is 2. The van der Waals surface area contributed by atoms with Crippen molar-refractivity contribution in [3.8, 4) is 11.6 Å². The van der Waals surface area contributed by atoms with Crippen molar-refractivity contribution in [1.82, 2.24) is 15.2 Å². The second-order valence-electron chi connectivity index (χ2n) is 14.4. The first-order valence-electron chi connectivity index (χ1n) is 16.5. The SMILES string of the molecule is CC[C@@H]1[C@@H]2CN(C(=O)[C@H](C(C)(C)C)NC(=O)O[C@]3(C)CCC[C@H]3CCCCC(F)(F)c3cc4ccc(OC)cc4nc3O2)[C@@H]1C=O. The lowest BCUT2D eigenvalue weighted by molar-refractivity contribution is -0.139. The van der Waals surface area contributed by atoms with E-state index in [1.807, 2.05) is 34.6 Å². The molecule has 11 heteroatoms. The third kappa shape index (κ3) is 6.65. The number of aldehydes is 1. The summed E-state index contributed by atoms with van der Waals surface area (Å²) in [5.41, 5.74) is -1.39. The van der Waals surface area contributed by atoms with E-state index in [0.717, 1.165) is 12.8 Å². The van der Waals surface area contributed by atoms with Crippen LogP contribution in [0.15, 0.2) is 24.3 Å². The minimum Gasteiger partial charge on any atom is -0.497 e. The number of aromatic nitrogens is 1. The molecule has 46 heavy (non-hydrogen) atoms. The lowest BCUT2D eigenvalue weighted by Gasteiger charge is -2.37. The molecule has 3 heterocycles. The van der Waals surface area contributed by atoms with Gasteiger partial charge in [0.05, 0.1) is 30.8 Å². The number of amides is 2. The van der Waals surface area contributed by atoms with Crippen molar-refractivity contribution < 1.29 is 37.4 Å². The van der Waals surface area contributed by atoms with Crippen LogP contribution in [-0.2, 0) is 20.2 Å². The van der Waals surface area contributed by atoms with E-state index in [4.69, 9.17) is 14.2 Å². The molecule has 2 amide bonds. The number of nitrogens with one attached hydrogen (secondary N) is 1. The average molecular weight is 644 g/mol. The molecule has 2 bridgehead atoms. The summed E-state index contributed by atoms with van der Waals surface area (Å²) in [4.78, 5) is 46.1. The van der Waals surface area contributed by atoms with Gasteiger partial charge >= 0.3 is 6.09 Å². The summed E-state index contributed by atoms with van der Waals surface area (Å²) < 4.78 is 50.0. The zero-order chi connectivity index (χ0) is 33.4. The van der Waals surface area contributed by atoms with Crippen LogP contribution in [0.1, 0.15) is 91.5 Å². The van der Waals surface area contributed by atoms with E-state index >= 15 is 8.78 Å². The van der Waals surface area contributed by atoms with Crippen molar-refractivity contribution in [2.24, 2.45) is 17.3 Å². The summed E-state index contributed by atoms with van der Waals surface area (Å²) in [6, 6.07) is 4.59. The third-order valence-corrected chi connectivity index (χ3v) is 10.3. The van der Waals surface area contributed by atoms with Gasteiger partial charge in [-0.25, -0.2) is 18.6 Å². The van der Waals surface area contributed by atoms with E-state index < -0.39 is 59.5 Å². The van der Waals surface area contributed by atoms with Crippen LogP contribution < -0.4 is 14.8 Å². The van der Waals surface area contributed by atoms with Gasteiger partial charge in [-0.2, -0.15) is 0 Å². The summed E-state index contributed by atoms with van der Waals surface area (Å²) in [5, 5.41) is 3.36. The van der Waals surface area contributed by atoms with Crippen LogP contribution >= 0.6 is 0 Å². The molecule has 1 N–H and O–H groups in total. The molecule has 0 radical (unpaired) electrons. The highest BCUT2D eigenvalue weighted by Gasteiger charge is 2.50. The molecule has 1 aliphatic carbocycles. The standard InChI is InChI=1S/C35H47F2N3O6/c1-7-24-27(20-41)40-19-28(24)45-30-25(17-21-13-14-23(44-6)18-26(21)38-30)35(36,37)16-9-8-11-22-12-10-15-34(22,5)46-32(43)39-29(31(40)42)33(2,3)4/h13-14,17-18,20,22,24,27-29H,7-12,15-16,19H2,1-6H3,(H,39,43)/t22-,24+,27-,28+,29-,34-/m1/s1. The van der Waals surface area contributed by atoms with Gasteiger partial charge in [0, 0.05) is 23.8 Å². The van der Waals surface area contributed by atoms with Crippen LogP contribution in [0, 0.1) is 17.3 Å². The molecule has 0 spiro atoms. The highest BCUT2D eigenvalue weighted by molar-refractivity contribution is 5.89. The fourth-order valence-corrected chi connectivity index (χ4v) is 7.53. The van der Waals surface area contributed by atoms with Gasteiger partial charge in [-0.05, 0) is 75.0 Å². The fraction of sp³-hybridized carbons (Fsp3) is 0.657. The number of hydrogen-bond donors (Lipinski definition) is 1. The number of carbonyl (C=O) groups is 3. The number of ether oxygens (including phenoxy) is 3. The molecule has 2 aliphatic heterocycles. The molecule has 5 rings (SSSR count). The lowest BCUT2D eigenvalue weighted by Crippen LogP contribution is -2.57. The monoisotopic (exact) mass is 643 g/mol. The zero-order valence-electron chi connectivity index (χ0n) is 27.7. The topological polar surface area (TPSA) is 107 Å². The molecular formula is C35H47F2N3O6. The van der Waals surface area contributed by atoms with Gasteiger partial charge in [0.2, 0.25) is 11.8 Å². The Bertz CT molecular complexity index is 1460. The summed E-state index contributed by atoms with van der Waals surface area (Å²) in [7, 11) is 1.52. The highest BCUT2D eigenvalue weighted by atomic mass is 19.3. The Kier molecular flexibility index (Phi) is 9.53. The number of rotatable bonds is 3. The smallest absolute Gasteiger partial charge is 0.408 e. The zero-order valence-corrected chi connectivity index (χ0v) is 27.7. The van der Waals surface area contributed by atoms with Crippen molar-refractivity contribution >= 4 is 29.2 Å². The predicted octanol–water partition coefficient (Wildman–Crippen LogP) is 6.79. The van der Waals surface area contributed by atoms with E-state index in [0.29, 0.717) is 48.6 Å². The number of pyridine rings is 1. The summed E-state index contributed by atoms with van der Waals surface area (Å²) in [6.45, 7) is 9.23. The molecule has 2 aromatic rings. The van der Waals surface area contributed by atoms with Crippen LogP contribution in [0.25, 0.3) is 10.9 Å². The first-order valence-corrected chi connectivity index (χ1v) is 16.5. The Balaban J connectivity index is 1.60. The molecule has 1 aromatic heterocycles. The second kappa shape index (κ2) is 13.0. The van der Waals surface area contributed by atoms with E-state index in [-0.39, 0.29) is 30.3 Å². The van der Waals surface area contributed by atoms with Crippen LogP contribution in [-0.4, -0.2) is 65.6 Å². The largest absolute Gasteiger partial charge is 0.497 e. The predicted molar refractivity (Wildman–Crippen MR) is 169 cm³/mol. The van der Waals surface area contributed by atoms with Gasteiger partial charge in [0.1, 0.15) is 29.8 Å². The minimum absolute atomic E-state index is 0.00912. The van der Waals surface area contributed by atoms with Gasteiger partial charge in [-0.1, -0.05) is 34.1 Å². The van der Waals surface area contributed by atoms with Crippen molar-refractivity contribution in [3.63, 3.8) is 0 Å². The molecule has 3 aliphatic rings. The maximum Gasteiger partial charge on any atom is 0.408 e. The first kappa shape index (κ1) is 33.9. The molecule has 1 aromatic carbocycles. The Morgan fingerprint density at radius 1 is 1.13 bits per heavy atom. The van der Waals surface area contributed by atoms with Crippen molar-refractivity contribution in [2.75, 3.05) is 13.7 Å². The number of halogens is 2. The van der Waals surface area contributed by atoms with Gasteiger partial charge in [0.25, 0.3) is 5.92 Å². The van der Waals surface area contributed by atoms with Crippen LogP contribution in [0.4, 0.5) is 13.6 Å². The molecule has 2 fully saturated rings. The molecule has 1 saturated carbocycles. The van der Waals surface area contributed by atoms with Crippen LogP contribution in [0.5, 0.6) is 11.6 Å². The van der Waals surface area contributed by atoms with Crippen LogP contribution in [0.2, 0.25) is 0 Å². The summed E-state index contributed by atoms with van der Waals surface area (Å²) in [6.07, 6.45) is 3.02.